The Morgan fingerprint density at radius 3 is 1.69 bits per heavy atom. The van der Waals surface area contributed by atoms with Gasteiger partial charge in [0.25, 0.3) is 0 Å². The fourth-order valence-electron chi connectivity index (χ4n) is 9.42. The maximum absolute atomic E-state index is 6.60. The number of para-hydroxylation sites is 4. The van der Waals surface area contributed by atoms with Crippen molar-refractivity contribution in [2.45, 2.75) is 0 Å². The molecule has 0 saturated heterocycles. The van der Waals surface area contributed by atoms with Gasteiger partial charge in [0.15, 0.2) is 17.5 Å². The van der Waals surface area contributed by atoms with Gasteiger partial charge < -0.3 is 13.6 Å². The number of hydrogen-bond acceptors (Lipinski definition) is 4. The minimum Gasteiger partial charge on any atom is -0.456 e. The van der Waals surface area contributed by atoms with E-state index in [0.717, 1.165) is 77.5 Å². The van der Waals surface area contributed by atoms with E-state index in [-0.39, 0.29) is 0 Å². The van der Waals surface area contributed by atoms with Crippen molar-refractivity contribution in [3.63, 3.8) is 0 Å². The highest BCUT2D eigenvalue weighted by Crippen LogP contribution is 2.44. The Morgan fingerprint density at radius 1 is 0.344 bits per heavy atom. The highest BCUT2D eigenvalue weighted by Gasteiger charge is 2.25. The second kappa shape index (κ2) is 13.1. The monoisotopic (exact) mass is 779 g/mol. The lowest BCUT2D eigenvalue weighted by Gasteiger charge is -2.16. The van der Waals surface area contributed by atoms with Gasteiger partial charge in [0, 0.05) is 49.3 Å². The molecule has 0 amide bonds. The van der Waals surface area contributed by atoms with Gasteiger partial charge in [-0.2, -0.15) is 0 Å². The Kier molecular flexibility index (Phi) is 7.21. The summed E-state index contributed by atoms with van der Waals surface area (Å²) in [6, 6.07) is 70.2. The Balaban J connectivity index is 1.13. The molecule has 13 rings (SSSR count). The van der Waals surface area contributed by atoms with Crippen LogP contribution in [0, 0.1) is 0 Å². The van der Waals surface area contributed by atoms with E-state index in [1.165, 1.54) is 26.9 Å². The molecule has 61 heavy (non-hydrogen) atoms. The van der Waals surface area contributed by atoms with Gasteiger partial charge in [-0.15, -0.1) is 0 Å². The van der Waals surface area contributed by atoms with Crippen LogP contribution in [-0.4, -0.2) is 24.1 Å². The summed E-state index contributed by atoms with van der Waals surface area (Å²) in [6.07, 6.45) is 0. The average molecular weight is 780 g/mol. The third-order valence-electron chi connectivity index (χ3n) is 12.1. The van der Waals surface area contributed by atoms with Crippen LogP contribution in [0.2, 0.25) is 0 Å². The molecule has 0 spiro atoms. The van der Waals surface area contributed by atoms with E-state index in [2.05, 4.69) is 179 Å². The molecule has 0 saturated carbocycles. The van der Waals surface area contributed by atoms with Crippen molar-refractivity contribution in [3.8, 4) is 45.5 Å². The number of furan rings is 1. The van der Waals surface area contributed by atoms with Crippen molar-refractivity contribution in [1.29, 1.82) is 0 Å². The zero-order chi connectivity index (χ0) is 40.0. The predicted octanol–water partition coefficient (Wildman–Crippen LogP) is 14.1. The standard InChI is InChI=1S/C55H33N5O/c1-3-15-34(16-4-1)53-56-54(37-27-29-47-43(32-37)39-21-9-12-24-45(39)59(47)38-19-5-2-6-20-38)58-55(57-53)42-28-30-50-51(41-23-11-14-26-49(41)61-50)52(42)60-46-25-13-10-22-40(46)44-31-35-17-7-8-18-36(35)33-48(44)60/h1-33H. The van der Waals surface area contributed by atoms with Crippen LogP contribution in [-0.2, 0) is 0 Å². The Morgan fingerprint density at radius 2 is 0.918 bits per heavy atom. The van der Waals surface area contributed by atoms with Crippen LogP contribution >= 0.6 is 0 Å². The molecule has 6 heteroatoms. The predicted molar refractivity (Wildman–Crippen MR) is 250 cm³/mol. The fraction of sp³-hybridized carbons (Fsp3) is 0. The molecule has 4 aromatic heterocycles. The number of benzene rings is 9. The molecule has 0 atom stereocenters. The van der Waals surface area contributed by atoms with Crippen LogP contribution < -0.4 is 0 Å². The zero-order valence-corrected chi connectivity index (χ0v) is 32.7. The van der Waals surface area contributed by atoms with Crippen LogP contribution in [0.15, 0.2) is 205 Å². The molecule has 284 valence electrons. The first-order valence-corrected chi connectivity index (χ1v) is 20.5. The maximum Gasteiger partial charge on any atom is 0.166 e. The van der Waals surface area contributed by atoms with E-state index >= 15 is 0 Å². The summed E-state index contributed by atoms with van der Waals surface area (Å²) in [5.41, 5.74) is 10.8. The molecule has 9 aromatic carbocycles. The number of fused-ring (bicyclic) bond motifs is 10. The van der Waals surface area contributed by atoms with Crippen LogP contribution in [0.25, 0.3) is 122 Å². The van der Waals surface area contributed by atoms with Gasteiger partial charge >= 0.3 is 0 Å². The third kappa shape index (κ3) is 5.12. The molecule has 4 heterocycles. The van der Waals surface area contributed by atoms with Crippen molar-refractivity contribution < 1.29 is 4.42 Å². The molecule has 0 N–H and O–H groups in total. The molecule has 0 radical (unpaired) electrons. The van der Waals surface area contributed by atoms with Gasteiger partial charge in [-0.05, 0) is 83.6 Å². The second-order valence-electron chi connectivity index (χ2n) is 15.6. The highest BCUT2D eigenvalue weighted by atomic mass is 16.3. The highest BCUT2D eigenvalue weighted by molar-refractivity contribution is 6.18. The molecule has 0 aliphatic rings. The molecule has 0 fully saturated rings. The van der Waals surface area contributed by atoms with Crippen LogP contribution in [0.1, 0.15) is 0 Å². The van der Waals surface area contributed by atoms with Crippen LogP contribution in [0.5, 0.6) is 0 Å². The maximum atomic E-state index is 6.60. The van der Waals surface area contributed by atoms with E-state index in [1.54, 1.807) is 0 Å². The van der Waals surface area contributed by atoms with Crippen LogP contribution in [0.3, 0.4) is 0 Å². The van der Waals surface area contributed by atoms with Gasteiger partial charge in [-0.3, -0.25) is 0 Å². The summed E-state index contributed by atoms with van der Waals surface area (Å²) >= 11 is 0. The molecule has 0 unspecified atom stereocenters. The summed E-state index contributed by atoms with van der Waals surface area (Å²) in [6.45, 7) is 0. The summed E-state index contributed by atoms with van der Waals surface area (Å²) in [5.74, 6) is 1.77. The molecule has 6 nitrogen and oxygen atoms in total. The molecule has 0 bridgehead atoms. The van der Waals surface area contributed by atoms with Crippen LogP contribution in [0.4, 0.5) is 0 Å². The lowest BCUT2D eigenvalue weighted by Crippen LogP contribution is -2.04. The van der Waals surface area contributed by atoms with Gasteiger partial charge in [-0.1, -0.05) is 127 Å². The van der Waals surface area contributed by atoms with E-state index in [9.17, 15) is 0 Å². The fourth-order valence-corrected chi connectivity index (χ4v) is 9.42. The van der Waals surface area contributed by atoms with E-state index in [4.69, 9.17) is 19.4 Å². The number of hydrogen-bond donors (Lipinski definition) is 0. The lowest BCUT2D eigenvalue weighted by molar-refractivity contribution is 0.669. The Hall–Kier alpha value is -8.35. The van der Waals surface area contributed by atoms with Gasteiger partial charge in [0.2, 0.25) is 0 Å². The summed E-state index contributed by atoms with van der Waals surface area (Å²) < 4.78 is 11.3. The van der Waals surface area contributed by atoms with Crippen molar-refractivity contribution in [2.75, 3.05) is 0 Å². The number of rotatable bonds is 5. The van der Waals surface area contributed by atoms with Gasteiger partial charge in [0.05, 0.1) is 33.1 Å². The first-order chi connectivity index (χ1) is 30.2. The summed E-state index contributed by atoms with van der Waals surface area (Å²) in [4.78, 5) is 16.0. The van der Waals surface area contributed by atoms with Crippen molar-refractivity contribution in [1.82, 2.24) is 24.1 Å². The first-order valence-electron chi connectivity index (χ1n) is 20.5. The first kappa shape index (κ1) is 33.6. The molecule has 13 aromatic rings. The minimum absolute atomic E-state index is 0.574. The Bertz CT molecular complexity index is 3880. The molecular formula is C55H33N5O. The normalized spacial score (nSPS) is 11.9. The largest absolute Gasteiger partial charge is 0.456 e. The van der Waals surface area contributed by atoms with Crippen molar-refractivity contribution in [2.24, 2.45) is 0 Å². The topological polar surface area (TPSA) is 61.7 Å². The Labute approximate surface area is 349 Å². The average Bonchev–Trinajstić information content (AvgIpc) is 3.98. The van der Waals surface area contributed by atoms with Crippen molar-refractivity contribution >= 4 is 76.3 Å². The van der Waals surface area contributed by atoms with E-state index < -0.39 is 0 Å². The number of nitrogens with zero attached hydrogens (tertiary/aromatic N) is 5. The second-order valence-corrected chi connectivity index (χ2v) is 15.6. The molecule has 0 aliphatic heterocycles. The summed E-state index contributed by atoms with van der Waals surface area (Å²) in [5, 5.41) is 9.04. The van der Waals surface area contributed by atoms with E-state index in [1.807, 2.05) is 30.3 Å². The minimum atomic E-state index is 0.574. The molecular weight excluding hydrogens is 747 g/mol. The third-order valence-corrected chi connectivity index (χ3v) is 12.1. The number of aromatic nitrogens is 5. The zero-order valence-electron chi connectivity index (χ0n) is 32.7. The summed E-state index contributed by atoms with van der Waals surface area (Å²) in [7, 11) is 0. The van der Waals surface area contributed by atoms with Gasteiger partial charge in [-0.25, -0.2) is 15.0 Å². The molecule has 0 aliphatic carbocycles. The van der Waals surface area contributed by atoms with E-state index in [0.29, 0.717) is 17.5 Å². The van der Waals surface area contributed by atoms with Gasteiger partial charge in [0.1, 0.15) is 11.2 Å². The van der Waals surface area contributed by atoms with Crippen molar-refractivity contribution in [3.05, 3.63) is 200 Å². The smallest absolute Gasteiger partial charge is 0.166 e. The SMILES string of the molecule is c1ccc(-c2nc(-c3ccc4c(c3)c3ccccc3n4-c3ccccc3)nc(-c3ccc4oc5ccccc5c4c3-n3c4ccccc4c4cc5ccccc5cc43)n2)cc1. The lowest BCUT2D eigenvalue weighted by atomic mass is 10.0. The quantitative estimate of drug-likeness (QED) is 0.175.